The minimum Gasteiger partial charge on any atom is -0.497 e. The maximum absolute atomic E-state index is 15.0. The third-order valence-corrected chi connectivity index (χ3v) is 25.8. The van der Waals surface area contributed by atoms with Gasteiger partial charge in [-0.2, -0.15) is 0 Å². The number of amides is 1. The molecule has 5 aromatic carbocycles. The van der Waals surface area contributed by atoms with Crippen LogP contribution in [0.1, 0.15) is 92.6 Å². The molecule has 0 bridgehead atoms. The summed E-state index contributed by atoms with van der Waals surface area (Å²) in [5.74, 6) is 5.19. The van der Waals surface area contributed by atoms with Crippen LogP contribution in [0, 0.1) is 23.3 Å². The molecule has 0 spiro atoms. The van der Waals surface area contributed by atoms with E-state index in [-0.39, 0.29) is 40.0 Å². The molecule has 0 aromatic heterocycles. The van der Waals surface area contributed by atoms with Crippen LogP contribution in [0.25, 0.3) is 0 Å². The van der Waals surface area contributed by atoms with Crippen molar-refractivity contribution >= 4 is 51.4 Å². The number of rotatable bonds is 18. The Kier molecular flexibility index (Phi) is 16.5. The zero-order chi connectivity index (χ0) is 50.4. The molecule has 0 N–H and O–H groups in total. The van der Waals surface area contributed by atoms with Crippen molar-refractivity contribution in [3.05, 3.63) is 157 Å². The van der Waals surface area contributed by atoms with E-state index in [9.17, 15) is 0 Å². The van der Waals surface area contributed by atoms with Gasteiger partial charge in [-0.25, -0.2) is 0 Å². The van der Waals surface area contributed by atoms with Gasteiger partial charge in [-0.1, -0.05) is 227 Å². The molecule has 2 aliphatic rings. The zero-order valence-electron chi connectivity index (χ0n) is 44.2. The van der Waals surface area contributed by atoms with Gasteiger partial charge in [0.15, 0.2) is 0 Å². The standard InChI is InChI=1S/C61H79NO5Si3/c1-13-14-19-28-48(66-69(59(2,3)4,50-29-20-15-21-30-50)51-31-22-16-23-32-51)39-40-54-55-44-58(63)62(46-47-37-38-49(64-8)43-56(47)65-9)61(55,41-42-68(10,11)12)45-57(54)67-70(60(5,6)7,52-33-24-17-25-34-52)53-35-26-18-27-36-53/h15-18,20-27,29-40,43,48,54-55,57H,13-14,19,28,44-46H2,1-12H3/t48-,54?,55?,57?,61?/m0/s1. The van der Waals surface area contributed by atoms with E-state index in [0.717, 1.165) is 31.2 Å². The Morgan fingerprint density at radius 3 is 1.69 bits per heavy atom. The van der Waals surface area contributed by atoms with Crippen molar-refractivity contribution < 1.29 is 23.1 Å². The molecular weight excluding hydrogens is 911 g/mol. The Bertz CT molecular complexity index is 2510. The lowest BCUT2D eigenvalue weighted by atomic mass is 9.83. The van der Waals surface area contributed by atoms with Crippen molar-refractivity contribution in [1.82, 2.24) is 4.90 Å². The Morgan fingerprint density at radius 2 is 1.23 bits per heavy atom. The first-order valence-electron chi connectivity index (χ1n) is 25.7. The molecule has 1 saturated carbocycles. The van der Waals surface area contributed by atoms with Crippen LogP contribution in [0.5, 0.6) is 11.5 Å². The van der Waals surface area contributed by atoms with Gasteiger partial charge in [0.1, 0.15) is 25.1 Å². The predicted molar refractivity (Wildman–Crippen MR) is 298 cm³/mol. The molecule has 2 fully saturated rings. The number of unbranched alkanes of at least 4 members (excludes halogenated alkanes) is 2. The van der Waals surface area contributed by atoms with Crippen molar-refractivity contribution in [1.29, 1.82) is 0 Å². The number of carbonyl (C=O) groups excluding carboxylic acids is 1. The van der Waals surface area contributed by atoms with E-state index < -0.39 is 30.2 Å². The van der Waals surface area contributed by atoms with Gasteiger partial charge in [0, 0.05) is 36.3 Å². The van der Waals surface area contributed by atoms with Crippen LogP contribution in [0.2, 0.25) is 29.7 Å². The Hall–Kier alpha value is -4.96. The molecule has 5 atom stereocenters. The van der Waals surface area contributed by atoms with Crippen molar-refractivity contribution in [2.75, 3.05) is 14.2 Å². The highest BCUT2D eigenvalue weighted by Crippen LogP contribution is 2.55. The first-order chi connectivity index (χ1) is 33.3. The van der Waals surface area contributed by atoms with E-state index in [1.54, 1.807) is 14.2 Å². The van der Waals surface area contributed by atoms with Gasteiger partial charge in [0.25, 0.3) is 16.6 Å². The number of ether oxygens (including phenoxy) is 2. The van der Waals surface area contributed by atoms with Gasteiger partial charge < -0.3 is 23.2 Å². The molecule has 1 amide bonds. The third-order valence-electron chi connectivity index (χ3n) is 14.8. The fourth-order valence-corrected chi connectivity index (χ4v) is 21.4. The minimum atomic E-state index is -3.10. The molecule has 1 aliphatic carbocycles. The van der Waals surface area contributed by atoms with E-state index in [1.807, 2.05) is 18.2 Å². The largest absolute Gasteiger partial charge is 0.497 e. The van der Waals surface area contributed by atoms with Crippen LogP contribution in [-0.4, -0.2) is 67.5 Å². The quantitative estimate of drug-likeness (QED) is 0.0379. The maximum atomic E-state index is 15.0. The predicted octanol–water partition coefficient (Wildman–Crippen LogP) is 11.7. The zero-order valence-corrected chi connectivity index (χ0v) is 47.2. The normalized spacial score (nSPS) is 20.3. The fraction of sp³-hybridized carbons (Fsp3) is 0.426. The average Bonchev–Trinajstić information content (AvgIpc) is 3.78. The lowest BCUT2D eigenvalue weighted by Gasteiger charge is -2.46. The number of methoxy groups -OCH3 is 2. The summed E-state index contributed by atoms with van der Waals surface area (Å²) in [5.41, 5.74) is 3.97. The number of nitrogens with zero attached hydrogens (tertiary/aromatic N) is 1. The van der Waals surface area contributed by atoms with Crippen molar-refractivity contribution in [2.45, 2.75) is 141 Å². The number of hydrogen-bond acceptors (Lipinski definition) is 5. The van der Waals surface area contributed by atoms with E-state index in [0.29, 0.717) is 30.9 Å². The van der Waals surface area contributed by atoms with Crippen LogP contribution in [-0.2, 0) is 20.2 Å². The molecule has 7 rings (SSSR count). The number of hydrogen-bond donors (Lipinski definition) is 0. The monoisotopic (exact) mass is 990 g/mol. The summed E-state index contributed by atoms with van der Waals surface area (Å²) in [7, 11) is -4.67. The summed E-state index contributed by atoms with van der Waals surface area (Å²) in [6.45, 7) is 23.7. The number of benzene rings is 5. The van der Waals surface area contributed by atoms with E-state index in [4.69, 9.17) is 18.3 Å². The maximum Gasteiger partial charge on any atom is 0.261 e. The topological polar surface area (TPSA) is 57.2 Å². The summed E-state index contributed by atoms with van der Waals surface area (Å²) < 4.78 is 27.9. The number of fused-ring (bicyclic) bond motifs is 1. The molecule has 0 radical (unpaired) electrons. The summed E-state index contributed by atoms with van der Waals surface area (Å²) in [4.78, 5) is 17.1. The molecule has 9 heteroatoms. The highest BCUT2D eigenvalue weighted by atomic mass is 28.4. The second-order valence-corrected chi connectivity index (χ2v) is 35.9. The summed E-state index contributed by atoms with van der Waals surface area (Å²) in [6, 6.07) is 49.8. The molecule has 4 unspecified atom stereocenters. The fourth-order valence-electron chi connectivity index (χ4n) is 11.5. The number of likely N-dealkylation sites (tertiary alicyclic amines) is 1. The van der Waals surface area contributed by atoms with Crippen molar-refractivity contribution in [3.8, 4) is 23.0 Å². The number of carbonyl (C=O) groups is 1. The minimum absolute atomic E-state index is 0.109. The molecule has 5 aromatic rings. The average molecular weight is 991 g/mol. The molecule has 6 nitrogen and oxygen atoms in total. The van der Waals surface area contributed by atoms with Crippen LogP contribution in [0.15, 0.2) is 152 Å². The molecule has 70 heavy (non-hydrogen) atoms. The molecular formula is C61H79NO5Si3. The summed E-state index contributed by atoms with van der Waals surface area (Å²) in [5, 5.41) is 4.54. The van der Waals surface area contributed by atoms with Gasteiger partial charge in [0.2, 0.25) is 5.91 Å². The van der Waals surface area contributed by atoms with E-state index in [2.05, 4.69) is 218 Å². The first kappa shape index (κ1) is 52.9. The third kappa shape index (κ3) is 10.8. The Labute approximate surface area is 424 Å². The molecule has 1 heterocycles. The highest BCUT2D eigenvalue weighted by molar-refractivity contribution is 7.00. The summed E-state index contributed by atoms with van der Waals surface area (Å²) in [6.07, 6.45) is 9.47. The molecule has 1 aliphatic heterocycles. The van der Waals surface area contributed by atoms with Gasteiger partial charge >= 0.3 is 0 Å². The van der Waals surface area contributed by atoms with Gasteiger partial charge in [-0.05, 0) is 49.4 Å². The Balaban J connectivity index is 1.45. The Morgan fingerprint density at radius 1 is 0.714 bits per heavy atom. The van der Waals surface area contributed by atoms with Crippen LogP contribution < -0.4 is 30.2 Å². The van der Waals surface area contributed by atoms with Gasteiger partial charge in [0.05, 0.1) is 33.0 Å². The summed E-state index contributed by atoms with van der Waals surface area (Å²) >= 11 is 0. The highest BCUT2D eigenvalue weighted by Gasteiger charge is 2.64. The van der Waals surface area contributed by atoms with E-state index in [1.165, 1.54) is 20.7 Å². The second kappa shape index (κ2) is 21.8. The van der Waals surface area contributed by atoms with Crippen LogP contribution in [0.4, 0.5) is 0 Å². The SMILES string of the molecule is CCCCC[C@@H](C=CC1C(O[Si](c2ccccc2)(c2ccccc2)C(C)(C)C)CC2(C#C[Si](C)(C)C)C1CC(=O)N2Cc1ccc(OC)cc1OC)O[Si](c1ccccc1)(c1ccccc1)C(C)(C)C. The van der Waals surface area contributed by atoms with Crippen molar-refractivity contribution in [3.63, 3.8) is 0 Å². The van der Waals surface area contributed by atoms with Gasteiger partial charge in [-0.3, -0.25) is 4.79 Å². The van der Waals surface area contributed by atoms with Gasteiger partial charge in [-0.15, -0.1) is 5.54 Å². The molecule has 1 saturated heterocycles. The second-order valence-electron chi connectivity index (χ2n) is 22.7. The molecule has 370 valence electrons. The van der Waals surface area contributed by atoms with Crippen molar-refractivity contribution in [2.24, 2.45) is 11.8 Å². The smallest absolute Gasteiger partial charge is 0.261 e. The lowest BCUT2D eigenvalue weighted by Crippen LogP contribution is -2.68. The lowest BCUT2D eigenvalue weighted by molar-refractivity contribution is -0.131. The first-order valence-corrected chi connectivity index (χ1v) is 33.0. The van der Waals surface area contributed by atoms with Crippen LogP contribution >= 0.6 is 0 Å². The van der Waals surface area contributed by atoms with Crippen LogP contribution in [0.3, 0.4) is 0 Å². The van der Waals surface area contributed by atoms with E-state index >= 15 is 4.79 Å².